The Labute approximate surface area is 116 Å². The molecule has 0 unspecified atom stereocenters. The highest BCUT2D eigenvalue weighted by Crippen LogP contribution is 2.27. The second kappa shape index (κ2) is 4.89. The third-order valence-electron chi connectivity index (χ3n) is 2.86. The van der Waals surface area contributed by atoms with Crippen LogP contribution in [0.2, 0.25) is 0 Å². The summed E-state index contributed by atoms with van der Waals surface area (Å²) >= 11 is 0. The Morgan fingerprint density at radius 1 is 0.952 bits per heavy atom. The lowest BCUT2D eigenvalue weighted by Crippen LogP contribution is -2.04. The molecule has 0 aliphatic carbocycles. The van der Waals surface area contributed by atoms with Crippen LogP contribution in [0.1, 0.15) is 0 Å². The second-order valence-electron chi connectivity index (χ2n) is 4.24. The highest BCUT2D eigenvalue weighted by molar-refractivity contribution is 5.72. The minimum Gasteiger partial charge on any atom is -0.398 e. The average molecular weight is 291 g/mol. The molecule has 0 amide bonds. The Bertz CT molecular complexity index is 749. The van der Waals surface area contributed by atoms with Gasteiger partial charge in [0.25, 0.3) is 0 Å². The molecule has 0 aliphatic rings. The van der Waals surface area contributed by atoms with Gasteiger partial charge in [0.05, 0.1) is 0 Å². The molecule has 2 aromatic carbocycles. The molecule has 0 aliphatic heterocycles. The van der Waals surface area contributed by atoms with Crippen molar-refractivity contribution in [3.8, 4) is 17.1 Å². The molecule has 1 heterocycles. The lowest BCUT2D eigenvalue weighted by Gasteiger charge is -2.08. The van der Waals surface area contributed by atoms with Crippen molar-refractivity contribution in [2.75, 3.05) is 5.73 Å². The molecule has 0 radical (unpaired) electrons. The molecule has 0 spiro atoms. The Kier molecular flexibility index (Phi) is 3.05. The van der Waals surface area contributed by atoms with Crippen LogP contribution in [-0.2, 0) is 0 Å². The first-order chi connectivity index (χ1) is 10.1. The van der Waals surface area contributed by atoms with Gasteiger partial charge in [0.1, 0.15) is 23.1 Å². The van der Waals surface area contributed by atoms with Crippen LogP contribution in [0.15, 0.2) is 36.4 Å². The minimum absolute atomic E-state index is 0.0106. The molecule has 106 valence electrons. The van der Waals surface area contributed by atoms with Gasteiger partial charge in [-0.1, -0.05) is 0 Å². The summed E-state index contributed by atoms with van der Waals surface area (Å²) in [7, 11) is 0. The van der Waals surface area contributed by atoms with E-state index >= 15 is 0 Å². The van der Waals surface area contributed by atoms with Crippen LogP contribution < -0.4 is 5.73 Å². The summed E-state index contributed by atoms with van der Waals surface area (Å²) in [4.78, 5) is 0. The Hall–Kier alpha value is -2.90. The number of tetrazole rings is 1. The zero-order valence-corrected chi connectivity index (χ0v) is 10.5. The molecular weight excluding hydrogens is 283 g/mol. The summed E-state index contributed by atoms with van der Waals surface area (Å²) in [6, 6.07) is 6.49. The monoisotopic (exact) mass is 291 g/mol. The highest BCUT2D eigenvalue weighted by Gasteiger charge is 2.17. The predicted octanol–water partition coefficient (Wildman–Crippen LogP) is 2.33. The molecule has 0 saturated heterocycles. The van der Waals surface area contributed by atoms with E-state index in [0.717, 1.165) is 28.9 Å². The van der Waals surface area contributed by atoms with Crippen molar-refractivity contribution >= 4 is 5.69 Å². The summed E-state index contributed by atoms with van der Waals surface area (Å²) in [6.07, 6.45) is 0. The first-order valence-electron chi connectivity index (χ1n) is 5.85. The van der Waals surface area contributed by atoms with Crippen LogP contribution in [0.5, 0.6) is 0 Å². The topological polar surface area (TPSA) is 69.6 Å². The van der Waals surface area contributed by atoms with E-state index in [1.165, 1.54) is 12.1 Å². The van der Waals surface area contributed by atoms with Gasteiger partial charge >= 0.3 is 0 Å². The van der Waals surface area contributed by atoms with Crippen LogP contribution in [0.3, 0.4) is 0 Å². The second-order valence-corrected chi connectivity index (χ2v) is 4.24. The Balaban J connectivity index is 2.22. The van der Waals surface area contributed by atoms with Gasteiger partial charge in [0, 0.05) is 17.3 Å². The molecule has 1 aromatic heterocycles. The van der Waals surface area contributed by atoms with Crippen LogP contribution in [-0.4, -0.2) is 20.2 Å². The molecule has 0 saturated carbocycles. The molecule has 3 aromatic rings. The summed E-state index contributed by atoms with van der Waals surface area (Å²) in [5.74, 6) is -1.91. The summed E-state index contributed by atoms with van der Waals surface area (Å²) in [5, 5.41) is 10.7. The number of anilines is 1. The summed E-state index contributed by atoms with van der Waals surface area (Å²) in [5.41, 5.74) is 5.95. The van der Waals surface area contributed by atoms with Gasteiger partial charge in [-0.15, -0.1) is 5.10 Å². The van der Waals surface area contributed by atoms with Gasteiger partial charge in [-0.3, -0.25) is 0 Å². The first kappa shape index (κ1) is 13.1. The Morgan fingerprint density at radius 2 is 1.67 bits per heavy atom. The molecule has 5 nitrogen and oxygen atoms in total. The quantitative estimate of drug-likeness (QED) is 0.736. The van der Waals surface area contributed by atoms with E-state index in [4.69, 9.17) is 5.73 Å². The minimum atomic E-state index is -0.722. The number of nitrogens with two attached hydrogens (primary N) is 1. The number of hydrogen-bond donors (Lipinski definition) is 1. The van der Waals surface area contributed by atoms with E-state index in [9.17, 15) is 13.2 Å². The maximum Gasteiger partial charge on any atom is 0.189 e. The van der Waals surface area contributed by atoms with E-state index in [1.807, 2.05) is 0 Å². The molecular formula is C13H8F3N5. The fraction of sp³-hybridized carbons (Fsp3) is 0. The zero-order chi connectivity index (χ0) is 15.0. The van der Waals surface area contributed by atoms with E-state index in [2.05, 4.69) is 15.5 Å². The van der Waals surface area contributed by atoms with Crippen molar-refractivity contribution in [3.05, 3.63) is 53.8 Å². The highest BCUT2D eigenvalue weighted by atomic mass is 19.1. The van der Waals surface area contributed by atoms with Gasteiger partial charge in [0.2, 0.25) is 0 Å². The van der Waals surface area contributed by atoms with E-state index in [1.54, 1.807) is 0 Å². The standard InChI is InChI=1S/C13H8F3N5/c14-7-2-4-11(17)9(5-7)13-18-19-20-21(13)12-6-8(15)1-3-10(12)16/h1-6H,17H2. The molecule has 2 N–H and O–H groups in total. The van der Waals surface area contributed by atoms with Gasteiger partial charge in [-0.2, -0.15) is 4.68 Å². The fourth-order valence-corrected chi connectivity index (χ4v) is 1.89. The van der Waals surface area contributed by atoms with Crippen LogP contribution in [0.25, 0.3) is 17.1 Å². The van der Waals surface area contributed by atoms with Crippen molar-refractivity contribution in [2.45, 2.75) is 0 Å². The summed E-state index contributed by atoms with van der Waals surface area (Å²) in [6.45, 7) is 0. The number of halogens is 3. The molecule has 0 bridgehead atoms. The van der Waals surface area contributed by atoms with Crippen molar-refractivity contribution in [3.63, 3.8) is 0 Å². The number of nitrogen functional groups attached to an aromatic ring is 1. The van der Waals surface area contributed by atoms with Gasteiger partial charge in [0.15, 0.2) is 5.82 Å². The third-order valence-corrected chi connectivity index (χ3v) is 2.86. The van der Waals surface area contributed by atoms with Gasteiger partial charge in [-0.25, -0.2) is 13.2 Å². The van der Waals surface area contributed by atoms with Crippen molar-refractivity contribution < 1.29 is 13.2 Å². The smallest absolute Gasteiger partial charge is 0.189 e. The third kappa shape index (κ3) is 2.31. The maximum atomic E-state index is 13.8. The number of benzene rings is 2. The van der Waals surface area contributed by atoms with Crippen molar-refractivity contribution in [1.82, 2.24) is 20.2 Å². The average Bonchev–Trinajstić information content (AvgIpc) is 2.93. The van der Waals surface area contributed by atoms with Crippen molar-refractivity contribution in [2.24, 2.45) is 0 Å². The van der Waals surface area contributed by atoms with Crippen LogP contribution in [0, 0.1) is 17.5 Å². The molecule has 0 fully saturated rings. The number of nitrogens with zero attached hydrogens (tertiary/aromatic N) is 4. The van der Waals surface area contributed by atoms with Gasteiger partial charge < -0.3 is 5.73 Å². The largest absolute Gasteiger partial charge is 0.398 e. The van der Waals surface area contributed by atoms with E-state index in [0.29, 0.717) is 0 Å². The zero-order valence-electron chi connectivity index (χ0n) is 10.5. The molecule has 3 rings (SSSR count). The predicted molar refractivity (Wildman–Crippen MR) is 68.9 cm³/mol. The fourth-order valence-electron chi connectivity index (χ4n) is 1.89. The molecule has 0 atom stereocenters. The maximum absolute atomic E-state index is 13.8. The number of hydrogen-bond acceptors (Lipinski definition) is 4. The lowest BCUT2D eigenvalue weighted by molar-refractivity contribution is 0.584. The van der Waals surface area contributed by atoms with E-state index in [-0.39, 0.29) is 22.8 Å². The molecule has 21 heavy (non-hydrogen) atoms. The van der Waals surface area contributed by atoms with Gasteiger partial charge in [-0.05, 0) is 40.8 Å². The lowest BCUT2D eigenvalue weighted by atomic mass is 10.1. The molecule has 8 heteroatoms. The van der Waals surface area contributed by atoms with Crippen LogP contribution >= 0.6 is 0 Å². The SMILES string of the molecule is Nc1ccc(F)cc1-c1nnnn1-c1cc(F)ccc1F. The Morgan fingerprint density at radius 3 is 2.48 bits per heavy atom. The number of rotatable bonds is 2. The first-order valence-corrected chi connectivity index (χ1v) is 5.85. The van der Waals surface area contributed by atoms with Crippen LogP contribution in [0.4, 0.5) is 18.9 Å². The van der Waals surface area contributed by atoms with Crippen molar-refractivity contribution in [1.29, 1.82) is 0 Å². The number of aromatic nitrogens is 4. The summed E-state index contributed by atoms with van der Waals surface area (Å²) < 4.78 is 41.4. The van der Waals surface area contributed by atoms with E-state index < -0.39 is 17.5 Å². The normalized spacial score (nSPS) is 10.8.